The van der Waals surface area contributed by atoms with Gasteiger partial charge in [0.15, 0.2) is 0 Å². The Labute approximate surface area is 126 Å². The fourth-order valence-electron chi connectivity index (χ4n) is 3.45. The minimum atomic E-state index is -0.261. The predicted octanol–water partition coefficient (Wildman–Crippen LogP) is 3.43. The lowest BCUT2D eigenvalue weighted by Gasteiger charge is -2.37. The van der Waals surface area contributed by atoms with Crippen molar-refractivity contribution in [1.82, 2.24) is 4.90 Å². The third kappa shape index (κ3) is 2.15. The first-order valence-electron chi connectivity index (χ1n) is 7.34. The van der Waals surface area contributed by atoms with Crippen molar-refractivity contribution in [3.8, 4) is 0 Å². The van der Waals surface area contributed by atoms with Crippen molar-refractivity contribution in [3.05, 3.63) is 35.0 Å². The van der Waals surface area contributed by atoms with Crippen molar-refractivity contribution in [2.45, 2.75) is 31.4 Å². The molecule has 0 spiro atoms. The maximum atomic E-state index is 13.8. The average molecular weight is 305 g/mol. The van der Waals surface area contributed by atoms with Gasteiger partial charge in [-0.3, -0.25) is 4.79 Å². The van der Waals surface area contributed by atoms with Crippen LogP contribution in [0.3, 0.4) is 0 Å². The van der Waals surface area contributed by atoms with Gasteiger partial charge >= 0.3 is 0 Å². The van der Waals surface area contributed by atoms with E-state index in [4.69, 9.17) is 4.74 Å². The van der Waals surface area contributed by atoms with E-state index in [0.29, 0.717) is 23.4 Å². The van der Waals surface area contributed by atoms with Crippen LogP contribution in [0.1, 0.15) is 28.9 Å². The van der Waals surface area contributed by atoms with Crippen LogP contribution in [-0.2, 0) is 4.74 Å². The van der Waals surface area contributed by atoms with Crippen LogP contribution in [0.15, 0.2) is 24.3 Å². The standard InChI is InChI=1S/C16H16FNO2S/c17-11-3-1-6-14-10(11)9-15(21-14)16(19)18-7-8-20-13-5-2-4-12(13)18/h1,3,6,9,12-13H,2,4-5,7-8H2. The number of halogens is 1. The number of hydrogen-bond donors (Lipinski definition) is 0. The maximum Gasteiger partial charge on any atom is 0.264 e. The first-order chi connectivity index (χ1) is 10.2. The number of benzene rings is 1. The van der Waals surface area contributed by atoms with Crippen molar-refractivity contribution in [3.63, 3.8) is 0 Å². The first-order valence-corrected chi connectivity index (χ1v) is 8.16. The topological polar surface area (TPSA) is 29.5 Å². The molecule has 2 fully saturated rings. The molecule has 3 nitrogen and oxygen atoms in total. The van der Waals surface area contributed by atoms with E-state index in [-0.39, 0.29) is 23.9 Å². The second kappa shape index (κ2) is 5.07. The highest BCUT2D eigenvalue weighted by molar-refractivity contribution is 7.20. The van der Waals surface area contributed by atoms with Crippen LogP contribution in [0.5, 0.6) is 0 Å². The van der Waals surface area contributed by atoms with E-state index >= 15 is 0 Å². The van der Waals surface area contributed by atoms with E-state index in [1.165, 1.54) is 17.4 Å². The quantitative estimate of drug-likeness (QED) is 0.808. The summed E-state index contributed by atoms with van der Waals surface area (Å²) in [7, 11) is 0. The van der Waals surface area contributed by atoms with Crippen LogP contribution < -0.4 is 0 Å². The van der Waals surface area contributed by atoms with E-state index in [9.17, 15) is 9.18 Å². The highest BCUT2D eigenvalue weighted by atomic mass is 32.1. The number of thiophene rings is 1. The molecule has 2 aromatic rings. The molecule has 2 heterocycles. The molecule has 5 heteroatoms. The van der Waals surface area contributed by atoms with Crippen LogP contribution in [0.2, 0.25) is 0 Å². The van der Waals surface area contributed by atoms with Crippen molar-refractivity contribution in [1.29, 1.82) is 0 Å². The molecule has 0 N–H and O–H groups in total. The smallest absolute Gasteiger partial charge is 0.264 e. The van der Waals surface area contributed by atoms with Gasteiger partial charge in [0.1, 0.15) is 5.82 Å². The van der Waals surface area contributed by atoms with Crippen molar-refractivity contribution >= 4 is 27.3 Å². The summed E-state index contributed by atoms with van der Waals surface area (Å²) in [5.74, 6) is -0.237. The van der Waals surface area contributed by atoms with Gasteiger partial charge < -0.3 is 9.64 Å². The third-order valence-electron chi connectivity index (χ3n) is 4.46. The Kier molecular flexibility index (Phi) is 3.19. The van der Waals surface area contributed by atoms with E-state index in [0.717, 1.165) is 24.0 Å². The molecular formula is C16H16FNO2S. The number of carbonyl (C=O) groups excluding carboxylic acids is 1. The SMILES string of the molecule is O=C(c1cc2c(F)cccc2s1)N1CCOC2CCCC21. The van der Waals surface area contributed by atoms with E-state index in [2.05, 4.69) is 0 Å². The van der Waals surface area contributed by atoms with Gasteiger partial charge in [-0.05, 0) is 37.5 Å². The Hall–Kier alpha value is -1.46. The summed E-state index contributed by atoms with van der Waals surface area (Å²) in [4.78, 5) is 15.3. The molecule has 1 aromatic carbocycles. The van der Waals surface area contributed by atoms with Gasteiger partial charge in [-0.2, -0.15) is 0 Å². The minimum absolute atomic E-state index is 0.0239. The van der Waals surface area contributed by atoms with Crippen molar-refractivity contribution in [2.24, 2.45) is 0 Å². The molecule has 1 aliphatic heterocycles. The van der Waals surface area contributed by atoms with Crippen LogP contribution in [0.25, 0.3) is 10.1 Å². The highest BCUT2D eigenvalue weighted by Crippen LogP contribution is 2.33. The summed E-state index contributed by atoms with van der Waals surface area (Å²) in [5, 5.41) is 0.544. The summed E-state index contributed by atoms with van der Waals surface area (Å²) in [5.41, 5.74) is 0. The molecule has 0 radical (unpaired) electrons. The molecule has 1 saturated heterocycles. The number of ether oxygens (including phenoxy) is 1. The zero-order valence-corrected chi connectivity index (χ0v) is 12.4. The largest absolute Gasteiger partial charge is 0.374 e. The Morgan fingerprint density at radius 1 is 1.38 bits per heavy atom. The fraction of sp³-hybridized carbons (Fsp3) is 0.438. The first kappa shape index (κ1) is 13.2. The van der Waals surface area contributed by atoms with E-state index < -0.39 is 0 Å². The molecule has 2 atom stereocenters. The zero-order valence-electron chi connectivity index (χ0n) is 11.5. The molecule has 21 heavy (non-hydrogen) atoms. The molecule has 0 bridgehead atoms. The number of fused-ring (bicyclic) bond motifs is 2. The van der Waals surface area contributed by atoms with Gasteiger partial charge in [-0.25, -0.2) is 4.39 Å². The molecule has 1 saturated carbocycles. The van der Waals surface area contributed by atoms with Crippen LogP contribution in [0.4, 0.5) is 4.39 Å². The molecule has 4 rings (SSSR count). The second-order valence-electron chi connectivity index (χ2n) is 5.67. The summed E-state index contributed by atoms with van der Waals surface area (Å²) >= 11 is 1.38. The number of morpholine rings is 1. The number of rotatable bonds is 1. The predicted molar refractivity (Wildman–Crippen MR) is 80.2 cm³/mol. The number of nitrogens with zero attached hydrogens (tertiary/aromatic N) is 1. The van der Waals surface area contributed by atoms with E-state index in [1.54, 1.807) is 12.1 Å². The summed E-state index contributed by atoms with van der Waals surface area (Å²) in [6.45, 7) is 1.24. The van der Waals surface area contributed by atoms with Gasteiger partial charge in [0.25, 0.3) is 5.91 Å². The number of hydrogen-bond acceptors (Lipinski definition) is 3. The Balaban J connectivity index is 1.67. The number of carbonyl (C=O) groups is 1. The summed E-state index contributed by atoms with van der Waals surface area (Å²) in [6.07, 6.45) is 3.35. The monoisotopic (exact) mass is 305 g/mol. The average Bonchev–Trinajstić information content (AvgIpc) is 3.13. The van der Waals surface area contributed by atoms with Gasteiger partial charge in [-0.1, -0.05) is 6.07 Å². The van der Waals surface area contributed by atoms with Gasteiger partial charge in [0.2, 0.25) is 0 Å². The molecule has 110 valence electrons. The minimum Gasteiger partial charge on any atom is -0.374 e. The lowest BCUT2D eigenvalue weighted by atomic mass is 10.1. The molecule has 2 unspecified atom stereocenters. The molecule has 1 aliphatic carbocycles. The van der Waals surface area contributed by atoms with Gasteiger partial charge in [-0.15, -0.1) is 11.3 Å². The number of amides is 1. The lowest BCUT2D eigenvalue weighted by Crippen LogP contribution is -2.51. The van der Waals surface area contributed by atoms with E-state index in [1.807, 2.05) is 11.0 Å². The molecule has 1 amide bonds. The Bertz CT molecular complexity index is 699. The fourth-order valence-corrected chi connectivity index (χ4v) is 4.48. The molecular weight excluding hydrogens is 289 g/mol. The molecule has 1 aromatic heterocycles. The van der Waals surface area contributed by atoms with Crippen molar-refractivity contribution < 1.29 is 13.9 Å². The molecule has 2 aliphatic rings. The van der Waals surface area contributed by atoms with Gasteiger partial charge in [0, 0.05) is 16.6 Å². The summed E-state index contributed by atoms with van der Waals surface area (Å²) < 4.78 is 20.4. The van der Waals surface area contributed by atoms with Crippen molar-refractivity contribution in [2.75, 3.05) is 13.2 Å². The maximum absolute atomic E-state index is 13.8. The lowest BCUT2D eigenvalue weighted by molar-refractivity contribution is -0.0443. The highest BCUT2D eigenvalue weighted by Gasteiger charge is 2.39. The second-order valence-corrected chi connectivity index (χ2v) is 6.75. The summed E-state index contributed by atoms with van der Waals surface area (Å²) in [6, 6.07) is 6.87. The Morgan fingerprint density at radius 3 is 3.14 bits per heavy atom. The van der Waals surface area contributed by atoms with Crippen LogP contribution in [-0.4, -0.2) is 36.1 Å². The zero-order chi connectivity index (χ0) is 14.4. The van der Waals surface area contributed by atoms with Crippen LogP contribution in [0, 0.1) is 5.82 Å². The normalized spacial score (nSPS) is 25.3. The van der Waals surface area contributed by atoms with Gasteiger partial charge in [0.05, 0.1) is 23.6 Å². The Morgan fingerprint density at radius 2 is 2.29 bits per heavy atom. The third-order valence-corrected chi connectivity index (χ3v) is 5.55. The van der Waals surface area contributed by atoms with Crippen LogP contribution >= 0.6 is 11.3 Å².